The first-order valence-electron chi connectivity index (χ1n) is 5.90. The number of hydrogen-bond acceptors (Lipinski definition) is 6. The Morgan fingerprint density at radius 1 is 1.16 bits per heavy atom. The minimum Gasteiger partial charge on any atom is -0.481 e. The minimum absolute atomic E-state index is 0.0316. The molecule has 2 N–H and O–H groups in total. The first kappa shape index (κ1) is 17.0. The molecular formula is C12H18N4O3. The third-order valence-electron chi connectivity index (χ3n) is 2.62. The van der Waals surface area contributed by atoms with E-state index < -0.39 is 17.0 Å². The fourth-order valence-electron chi connectivity index (χ4n) is 1.25. The molecule has 7 heteroatoms. The molecule has 0 rings (SSSR count). The van der Waals surface area contributed by atoms with Gasteiger partial charge in [-0.3, -0.25) is 4.79 Å². The number of aliphatic hydroxyl groups is 1. The fourth-order valence-corrected chi connectivity index (χ4v) is 1.25. The molecule has 0 radical (unpaired) electrons. The lowest BCUT2D eigenvalue weighted by molar-refractivity contribution is -0.137. The molecule has 0 aliphatic carbocycles. The molecular weight excluding hydrogens is 248 g/mol. The van der Waals surface area contributed by atoms with Crippen LogP contribution in [0.2, 0.25) is 0 Å². The van der Waals surface area contributed by atoms with Crippen LogP contribution in [0, 0.1) is 22.7 Å². The van der Waals surface area contributed by atoms with E-state index in [9.17, 15) is 4.79 Å². The van der Waals surface area contributed by atoms with Gasteiger partial charge in [0.25, 0.3) is 0 Å². The molecule has 0 aromatic heterocycles. The van der Waals surface area contributed by atoms with Crippen molar-refractivity contribution >= 4 is 5.97 Å². The molecule has 0 aromatic carbocycles. The largest absolute Gasteiger partial charge is 0.481 e. The summed E-state index contributed by atoms with van der Waals surface area (Å²) in [6.07, 6.45) is 0.568. The second-order valence-corrected chi connectivity index (χ2v) is 4.69. The Morgan fingerprint density at radius 2 is 1.63 bits per heavy atom. The molecule has 0 aromatic rings. The van der Waals surface area contributed by atoms with Crippen molar-refractivity contribution in [2.75, 3.05) is 6.61 Å². The van der Waals surface area contributed by atoms with Crippen molar-refractivity contribution in [1.29, 1.82) is 10.5 Å². The van der Waals surface area contributed by atoms with E-state index in [1.165, 1.54) is 6.92 Å². The van der Waals surface area contributed by atoms with Crippen molar-refractivity contribution in [2.24, 2.45) is 10.2 Å². The maximum atomic E-state index is 10.5. The molecule has 0 saturated heterocycles. The Bertz CT molecular complexity index is 424. The normalized spacial score (nSPS) is 17.1. The summed E-state index contributed by atoms with van der Waals surface area (Å²) in [5.41, 5.74) is -2.36. The van der Waals surface area contributed by atoms with Crippen molar-refractivity contribution < 1.29 is 15.0 Å². The van der Waals surface area contributed by atoms with Gasteiger partial charge in [0.15, 0.2) is 11.1 Å². The second-order valence-electron chi connectivity index (χ2n) is 4.69. The number of carbonyl (C=O) groups is 1. The Hall–Kier alpha value is -1.99. The van der Waals surface area contributed by atoms with Crippen LogP contribution in [0.25, 0.3) is 0 Å². The molecule has 7 nitrogen and oxygen atoms in total. The zero-order chi connectivity index (χ0) is 14.9. The maximum absolute atomic E-state index is 10.5. The Kier molecular flexibility index (Phi) is 6.67. The van der Waals surface area contributed by atoms with Gasteiger partial charge >= 0.3 is 5.97 Å². The van der Waals surface area contributed by atoms with E-state index in [2.05, 4.69) is 10.2 Å². The van der Waals surface area contributed by atoms with Gasteiger partial charge in [-0.15, -0.1) is 0 Å². The number of hydrogen-bond donors (Lipinski definition) is 2. The summed E-state index contributed by atoms with van der Waals surface area (Å²) in [7, 11) is 0. The summed E-state index contributed by atoms with van der Waals surface area (Å²) in [6, 6.07) is 3.88. The van der Waals surface area contributed by atoms with Gasteiger partial charge in [0, 0.05) is 13.0 Å². The van der Waals surface area contributed by atoms with Gasteiger partial charge in [-0.1, -0.05) is 0 Å². The molecule has 2 atom stereocenters. The van der Waals surface area contributed by atoms with Gasteiger partial charge in [0.1, 0.15) is 0 Å². The number of nitrogens with zero attached hydrogens (tertiary/aromatic N) is 4. The van der Waals surface area contributed by atoms with Crippen LogP contribution in [-0.4, -0.2) is 33.9 Å². The number of aliphatic carboxylic acids is 1. The summed E-state index contributed by atoms with van der Waals surface area (Å²) >= 11 is 0. The zero-order valence-electron chi connectivity index (χ0n) is 11.1. The first-order valence-corrected chi connectivity index (χ1v) is 5.90. The van der Waals surface area contributed by atoms with Gasteiger partial charge in [0.2, 0.25) is 0 Å². The van der Waals surface area contributed by atoms with Gasteiger partial charge in [-0.05, 0) is 33.1 Å². The van der Waals surface area contributed by atoms with Crippen LogP contribution in [-0.2, 0) is 4.79 Å². The molecule has 2 unspecified atom stereocenters. The summed E-state index contributed by atoms with van der Waals surface area (Å²) in [6.45, 7) is 2.98. The van der Waals surface area contributed by atoms with E-state index in [4.69, 9.17) is 20.7 Å². The third-order valence-corrected chi connectivity index (χ3v) is 2.62. The van der Waals surface area contributed by atoms with Crippen molar-refractivity contribution in [3.63, 3.8) is 0 Å². The number of azo groups is 1. The van der Waals surface area contributed by atoms with Gasteiger partial charge in [0.05, 0.1) is 12.1 Å². The average Bonchev–Trinajstić information content (AvgIpc) is 2.40. The predicted octanol–water partition coefficient (Wildman–Crippen LogP) is 1.64. The monoisotopic (exact) mass is 266 g/mol. The highest BCUT2D eigenvalue weighted by Crippen LogP contribution is 2.23. The predicted molar refractivity (Wildman–Crippen MR) is 66.1 cm³/mol. The van der Waals surface area contributed by atoms with Crippen LogP contribution in [0.5, 0.6) is 0 Å². The maximum Gasteiger partial charge on any atom is 0.303 e. The van der Waals surface area contributed by atoms with Crippen LogP contribution in [0.1, 0.15) is 39.5 Å². The SMILES string of the molecule is CC(C#N)(CCCO)/N=N/C(C)(C#N)CCC(=O)O. The highest BCUT2D eigenvalue weighted by atomic mass is 16.4. The van der Waals surface area contributed by atoms with Crippen molar-refractivity contribution in [3.05, 3.63) is 0 Å². The second kappa shape index (κ2) is 7.45. The number of aliphatic hydroxyl groups excluding tert-OH is 1. The number of carboxylic acids is 1. The van der Waals surface area contributed by atoms with E-state index in [1.807, 2.05) is 12.1 Å². The Balaban J connectivity index is 4.84. The first-order chi connectivity index (χ1) is 8.81. The van der Waals surface area contributed by atoms with Crippen LogP contribution in [0.4, 0.5) is 0 Å². The number of carboxylic acid groups (broad SMARTS) is 1. The molecule has 104 valence electrons. The lowest BCUT2D eigenvalue weighted by Crippen LogP contribution is -2.24. The van der Waals surface area contributed by atoms with E-state index in [-0.39, 0.29) is 19.4 Å². The van der Waals surface area contributed by atoms with Crippen molar-refractivity contribution in [1.82, 2.24) is 0 Å². The molecule has 0 heterocycles. The van der Waals surface area contributed by atoms with Crippen molar-refractivity contribution in [2.45, 2.75) is 50.6 Å². The van der Waals surface area contributed by atoms with Crippen LogP contribution in [0.15, 0.2) is 10.2 Å². The van der Waals surface area contributed by atoms with Gasteiger partial charge in [-0.25, -0.2) is 0 Å². The minimum atomic E-state index is -1.25. The highest BCUT2D eigenvalue weighted by molar-refractivity contribution is 5.66. The Morgan fingerprint density at radius 3 is 2.00 bits per heavy atom. The van der Waals surface area contributed by atoms with E-state index >= 15 is 0 Å². The standard InChI is InChI=1S/C12H18N4O3/c1-11(8-13,5-3-7-17)15-16-12(2,9-14)6-4-10(18)19/h17H,3-7H2,1-2H3,(H,18,19)/b16-15+. The van der Waals surface area contributed by atoms with Crippen LogP contribution >= 0.6 is 0 Å². The molecule has 0 fully saturated rings. The topological polar surface area (TPSA) is 130 Å². The molecule has 0 saturated carbocycles. The van der Waals surface area contributed by atoms with E-state index in [0.29, 0.717) is 12.8 Å². The van der Waals surface area contributed by atoms with E-state index in [0.717, 1.165) is 0 Å². The van der Waals surface area contributed by atoms with Crippen LogP contribution < -0.4 is 0 Å². The molecule has 0 amide bonds. The summed E-state index contributed by atoms with van der Waals surface area (Å²) in [5, 5.41) is 43.1. The number of rotatable bonds is 8. The molecule has 0 aliphatic rings. The van der Waals surface area contributed by atoms with Crippen molar-refractivity contribution in [3.8, 4) is 12.1 Å². The lowest BCUT2D eigenvalue weighted by atomic mass is 9.98. The summed E-state index contributed by atoms with van der Waals surface area (Å²) < 4.78 is 0. The summed E-state index contributed by atoms with van der Waals surface area (Å²) in [5.74, 6) is -1.01. The molecule has 19 heavy (non-hydrogen) atoms. The lowest BCUT2D eigenvalue weighted by Gasteiger charge is -2.18. The molecule has 0 spiro atoms. The van der Waals surface area contributed by atoms with Crippen LogP contribution in [0.3, 0.4) is 0 Å². The smallest absolute Gasteiger partial charge is 0.303 e. The van der Waals surface area contributed by atoms with Gasteiger partial charge < -0.3 is 10.2 Å². The van der Waals surface area contributed by atoms with Gasteiger partial charge in [-0.2, -0.15) is 20.8 Å². The highest BCUT2D eigenvalue weighted by Gasteiger charge is 2.28. The zero-order valence-corrected chi connectivity index (χ0v) is 11.1. The molecule has 0 aliphatic heterocycles. The fraction of sp³-hybridized carbons (Fsp3) is 0.750. The quantitative estimate of drug-likeness (QED) is 0.645. The third kappa shape index (κ3) is 6.49. The Labute approximate surface area is 112 Å². The average molecular weight is 266 g/mol. The van der Waals surface area contributed by atoms with E-state index in [1.54, 1.807) is 6.92 Å². The summed E-state index contributed by atoms with van der Waals surface area (Å²) in [4.78, 5) is 10.5. The molecule has 0 bridgehead atoms. The number of nitriles is 2.